The minimum atomic E-state index is 0.312. The van der Waals surface area contributed by atoms with E-state index in [0.29, 0.717) is 11.8 Å². The third kappa shape index (κ3) is 2.66. The number of carbonyl (C=O) groups is 1. The minimum Gasteiger partial charge on any atom is -0.365 e. The van der Waals surface area contributed by atoms with Crippen LogP contribution in [0.2, 0.25) is 0 Å². The second-order valence-corrected chi connectivity index (χ2v) is 6.71. The van der Waals surface area contributed by atoms with Crippen molar-refractivity contribution >= 4 is 11.6 Å². The van der Waals surface area contributed by atoms with Gasteiger partial charge in [0.15, 0.2) is 5.82 Å². The van der Waals surface area contributed by atoms with Crippen LogP contribution in [0.25, 0.3) is 5.82 Å². The Balaban J connectivity index is 1.53. The standard InChI is InChI=1S/C18H23N5O/c1-13-17(14(2)23(20-13)16-5-3-4-8-19-16)21-9-11-22(12-10-21)18(24)15-6-7-15/h3-5,8,15H,6-7,9-12H2,1-2H3. The summed E-state index contributed by atoms with van der Waals surface area (Å²) in [5, 5.41) is 4.68. The Morgan fingerprint density at radius 3 is 2.50 bits per heavy atom. The Kier molecular flexibility index (Phi) is 3.75. The summed E-state index contributed by atoms with van der Waals surface area (Å²) < 4.78 is 1.91. The highest BCUT2D eigenvalue weighted by Gasteiger charge is 2.35. The van der Waals surface area contributed by atoms with Crippen LogP contribution in [0.15, 0.2) is 24.4 Å². The lowest BCUT2D eigenvalue weighted by Crippen LogP contribution is -2.49. The second-order valence-electron chi connectivity index (χ2n) is 6.71. The van der Waals surface area contributed by atoms with Crippen molar-refractivity contribution < 1.29 is 4.79 Å². The average Bonchev–Trinajstić information content (AvgIpc) is 3.41. The van der Waals surface area contributed by atoms with Crippen LogP contribution in [-0.4, -0.2) is 51.8 Å². The van der Waals surface area contributed by atoms with E-state index >= 15 is 0 Å². The van der Waals surface area contributed by atoms with Crippen LogP contribution in [0.4, 0.5) is 5.69 Å². The van der Waals surface area contributed by atoms with E-state index in [0.717, 1.165) is 56.2 Å². The molecule has 6 heteroatoms. The Morgan fingerprint density at radius 2 is 1.88 bits per heavy atom. The van der Waals surface area contributed by atoms with E-state index in [2.05, 4.69) is 21.9 Å². The van der Waals surface area contributed by atoms with Crippen molar-refractivity contribution in [1.82, 2.24) is 19.7 Å². The number of aryl methyl sites for hydroxylation is 1. The Hall–Kier alpha value is -2.37. The van der Waals surface area contributed by atoms with Crippen molar-refractivity contribution in [2.24, 2.45) is 5.92 Å². The van der Waals surface area contributed by atoms with Gasteiger partial charge < -0.3 is 9.80 Å². The highest BCUT2D eigenvalue weighted by atomic mass is 16.2. The Bertz CT molecular complexity index is 742. The van der Waals surface area contributed by atoms with Crippen LogP contribution in [0.5, 0.6) is 0 Å². The molecule has 2 aromatic rings. The highest BCUT2D eigenvalue weighted by Crippen LogP contribution is 2.32. The van der Waals surface area contributed by atoms with E-state index in [-0.39, 0.29) is 0 Å². The topological polar surface area (TPSA) is 54.3 Å². The van der Waals surface area contributed by atoms with Crippen molar-refractivity contribution in [1.29, 1.82) is 0 Å². The molecule has 1 aliphatic heterocycles. The molecule has 1 saturated heterocycles. The van der Waals surface area contributed by atoms with Gasteiger partial charge in [-0.25, -0.2) is 9.67 Å². The van der Waals surface area contributed by atoms with Gasteiger partial charge in [-0.2, -0.15) is 5.10 Å². The molecule has 6 nitrogen and oxygen atoms in total. The smallest absolute Gasteiger partial charge is 0.225 e. The molecule has 0 aromatic carbocycles. The van der Waals surface area contributed by atoms with Crippen LogP contribution in [-0.2, 0) is 4.79 Å². The molecule has 1 amide bonds. The fraction of sp³-hybridized carbons (Fsp3) is 0.500. The van der Waals surface area contributed by atoms with Gasteiger partial charge in [0.05, 0.1) is 17.1 Å². The van der Waals surface area contributed by atoms with Gasteiger partial charge in [-0.3, -0.25) is 4.79 Å². The monoisotopic (exact) mass is 325 g/mol. The van der Waals surface area contributed by atoms with Crippen molar-refractivity contribution in [3.63, 3.8) is 0 Å². The molecule has 0 atom stereocenters. The van der Waals surface area contributed by atoms with Gasteiger partial charge in [-0.05, 0) is 38.8 Å². The molecular formula is C18H23N5O. The predicted molar refractivity (Wildman–Crippen MR) is 92.4 cm³/mol. The summed E-state index contributed by atoms with van der Waals surface area (Å²) in [6, 6.07) is 5.85. The van der Waals surface area contributed by atoms with Crippen LogP contribution >= 0.6 is 0 Å². The number of nitrogens with zero attached hydrogens (tertiary/aromatic N) is 5. The highest BCUT2D eigenvalue weighted by molar-refractivity contribution is 5.81. The van der Waals surface area contributed by atoms with E-state index in [9.17, 15) is 4.79 Å². The average molecular weight is 325 g/mol. The maximum atomic E-state index is 12.2. The van der Waals surface area contributed by atoms with Gasteiger partial charge >= 0.3 is 0 Å². The molecule has 4 rings (SSSR count). The van der Waals surface area contributed by atoms with Crippen molar-refractivity contribution in [2.45, 2.75) is 26.7 Å². The summed E-state index contributed by atoms with van der Waals surface area (Å²) in [7, 11) is 0. The van der Waals surface area contributed by atoms with Gasteiger partial charge in [0.2, 0.25) is 5.91 Å². The molecular weight excluding hydrogens is 302 g/mol. The van der Waals surface area contributed by atoms with Crippen molar-refractivity contribution in [3.05, 3.63) is 35.8 Å². The number of pyridine rings is 1. The third-order valence-corrected chi connectivity index (χ3v) is 4.95. The molecule has 2 fully saturated rings. The molecule has 24 heavy (non-hydrogen) atoms. The van der Waals surface area contributed by atoms with Crippen LogP contribution in [0, 0.1) is 19.8 Å². The number of piperazine rings is 1. The molecule has 0 radical (unpaired) electrons. The van der Waals surface area contributed by atoms with Crippen LogP contribution in [0.1, 0.15) is 24.2 Å². The van der Waals surface area contributed by atoms with E-state index < -0.39 is 0 Å². The zero-order chi connectivity index (χ0) is 16.7. The van der Waals surface area contributed by atoms with Crippen molar-refractivity contribution in [3.8, 4) is 5.82 Å². The lowest BCUT2D eigenvalue weighted by atomic mass is 10.2. The van der Waals surface area contributed by atoms with Gasteiger partial charge in [-0.1, -0.05) is 6.07 Å². The maximum Gasteiger partial charge on any atom is 0.225 e. The van der Waals surface area contributed by atoms with Crippen molar-refractivity contribution in [2.75, 3.05) is 31.1 Å². The van der Waals surface area contributed by atoms with E-state index in [1.807, 2.05) is 34.7 Å². The first-order valence-electron chi connectivity index (χ1n) is 8.66. The maximum absolute atomic E-state index is 12.2. The summed E-state index contributed by atoms with van der Waals surface area (Å²) >= 11 is 0. The summed E-state index contributed by atoms with van der Waals surface area (Å²) in [6.07, 6.45) is 3.94. The SMILES string of the molecule is Cc1nn(-c2ccccn2)c(C)c1N1CCN(C(=O)C2CC2)CC1. The molecule has 0 bridgehead atoms. The largest absolute Gasteiger partial charge is 0.365 e. The molecule has 126 valence electrons. The third-order valence-electron chi connectivity index (χ3n) is 4.95. The van der Waals surface area contributed by atoms with E-state index in [4.69, 9.17) is 0 Å². The lowest BCUT2D eigenvalue weighted by Gasteiger charge is -2.36. The summed E-state index contributed by atoms with van der Waals surface area (Å²) in [5.41, 5.74) is 3.30. The molecule has 2 aliphatic rings. The molecule has 1 aliphatic carbocycles. The number of hydrogen-bond acceptors (Lipinski definition) is 4. The second kappa shape index (κ2) is 5.92. The fourth-order valence-corrected chi connectivity index (χ4v) is 3.53. The molecule has 2 aromatic heterocycles. The first-order valence-corrected chi connectivity index (χ1v) is 8.66. The molecule has 0 unspecified atom stereocenters. The molecule has 0 N–H and O–H groups in total. The fourth-order valence-electron chi connectivity index (χ4n) is 3.53. The van der Waals surface area contributed by atoms with E-state index in [1.165, 1.54) is 5.69 Å². The first kappa shape index (κ1) is 15.2. The molecule has 0 spiro atoms. The first-order chi connectivity index (χ1) is 11.6. The number of carbonyl (C=O) groups excluding carboxylic acids is 1. The van der Waals surface area contributed by atoms with Gasteiger partial charge in [0.1, 0.15) is 0 Å². The van der Waals surface area contributed by atoms with Gasteiger partial charge in [-0.15, -0.1) is 0 Å². The molecule has 3 heterocycles. The quantitative estimate of drug-likeness (QED) is 0.865. The number of rotatable bonds is 3. The summed E-state index contributed by atoms with van der Waals surface area (Å²) in [5.74, 6) is 1.51. The molecule has 1 saturated carbocycles. The van der Waals surface area contributed by atoms with E-state index in [1.54, 1.807) is 6.20 Å². The number of anilines is 1. The Morgan fingerprint density at radius 1 is 1.12 bits per heavy atom. The minimum absolute atomic E-state index is 0.312. The normalized spacial score (nSPS) is 18.1. The zero-order valence-electron chi connectivity index (χ0n) is 14.3. The Labute approximate surface area is 142 Å². The lowest BCUT2D eigenvalue weighted by molar-refractivity contribution is -0.132. The number of amides is 1. The zero-order valence-corrected chi connectivity index (χ0v) is 14.3. The van der Waals surface area contributed by atoms with Gasteiger partial charge in [0, 0.05) is 38.3 Å². The summed E-state index contributed by atoms with van der Waals surface area (Å²) in [4.78, 5) is 21.0. The summed E-state index contributed by atoms with van der Waals surface area (Å²) in [6.45, 7) is 7.49. The number of aromatic nitrogens is 3. The van der Waals surface area contributed by atoms with Crippen LogP contribution in [0.3, 0.4) is 0 Å². The predicted octanol–water partition coefficient (Wildman–Crippen LogP) is 1.94. The van der Waals surface area contributed by atoms with Crippen LogP contribution < -0.4 is 4.90 Å². The van der Waals surface area contributed by atoms with Gasteiger partial charge in [0.25, 0.3) is 0 Å². The number of hydrogen-bond donors (Lipinski definition) is 0.